The van der Waals surface area contributed by atoms with Gasteiger partial charge < -0.3 is 14.8 Å². The Morgan fingerprint density at radius 2 is 1.76 bits per heavy atom. The van der Waals surface area contributed by atoms with E-state index >= 15 is 0 Å². The summed E-state index contributed by atoms with van der Waals surface area (Å²) < 4.78 is 46.5. The van der Waals surface area contributed by atoms with E-state index in [0.717, 1.165) is 6.54 Å². The van der Waals surface area contributed by atoms with Crippen molar-refractivity contribution in [2.45, 2.75) is 39.1 Å². The van der Waals surface area contributed by atoms with Gasteiger partial charge in [-0.1, -0.05) is 26.0 Å². The fourth-order valence-electron chi connectivity index (χ4n) is 1.81. The molecule has 1 saturated carbocycles. The third kappa shape index (κ3) is 5.83. The van der Waals surface area contributed by atoms with E-state index in [4.69, 9.17) is 4.74 Å². The second-order valence-corrected chi connectivity index (χ2v) is 6.10. The predicted molar refractivity (Wildman–Crippen MR) is 73.4 cm³/mol. The van der Waals surface area contributed by atoms with Gasteiger partial charge in [-0.25, -0.2) is 0 Å². The van der Waals surface area contributed by atoms with Crippen LogP contribution < -0.4 is 14.8 Å². The number of halogens is 3. The third-order valence-corrected chi connectivity index (χ3v) is 3.14. The molecule has 0 aromatic heterocycles. The van der Waals surface area contributed by atoms with Crippen molar-refractivity contribution in [2.24, 2.45) is 5.41 Å². The van der Waals surface area contributed by atoms with Crippen molar-refractivity contribution in [1.82, 2.24) is 5.32 Å². The Balaban J connectivity index is 1.92. The standard InChI is InChI=1S/C15H20F3NO2/c1-14(2,9-19-11-7-8-11)10-20-12-5-3-4-6-13(12)21-15(16,17)18/h3-6,11,19H,7-10H2,1-2H3. The Morgan fingerprint density at radius 1 is 1.14 bits per heavy atom. The lowest BCUT2D eigenvalue weighted by molar-refractivity contribution is -0.275. The lowest BCUT2D eigenvalue weighted by atomic mass is 9.95. The predicted octanol–water partition coefficient (Wildman–Crippen LogP) is 3.74. The fourth-order valence-corrected chi connectivity index (χ4v) is 1.81. The number of rotatable bonds is 7. The van der Waals surface area contributed by atoms with Gasteiger partial charge in [0.25, 0.3) is 0 Å². The molecular formula is C15H20F3NO2. The minimum absolute atomic E-state index is 0.106. The van der Waals surface area contributed by atoms with Crippen LogP contribution in [-0.4, -0.2) is 25.6 Å². The molecule has 1 aliphatic rings. The van der Waals surface area contributed by atoms with E-state index < -0.39 is 6.36 Å². The zero-order chi connectivity index (χ0) is 15.5. The van der Waals surface area contributed by atoms with E-state index in [9.17, 15) is 13.2 Å². The second-order valence-electron chi connectivity index (χ2n) is 6.10. The van der Waals surface area contributed by atoms with Gasteiger partial charge in [0.05, 0.1) is 6.61 Å². The normalized spacial score (nSPS) is 15.9. The molecule has 0 spiro atoms. The van der Waals surface area contributed by atoms with Crippen LogP contribution in [0.15, 0.2) is 24.3 Å². The Labute approximate surface area is 122 Å². The summed E-state index contributed by atoms with van der Waals surface area (Å²) in [7, 11) is 0. The van der Waals surface area contributed by atoms with E-state index in [-0.39, 0.29) is 16.9 Å². The zero-order valence-electron chi connectivity index (χ0n) is 12.2. The largest absolute Gasteiger partial charge is 0.573 e. The molecule has 0 heterocycles. The smallest absolute Gasteiger partial charge is 0.489 e. The number of hydrogen-bond acceptors (Lipinski definition) is 3. The van der Waals surface area contributed by atoms with Gasteiger partial charge in [0, 0.05) is 18.0 Å². The maximum absolute atomic E-state index is 12.3. The molecule has 1 N–H and O–H groups in total. The lowest BCUT2D eigenvalue weighted by Crippen LogP contribution is -2.35. The van der Waals surface area contributed by atoms with Gasteiger partial charge in [-0.05, 0) is 25.0 Å². The molecule has 1 aliphatic carbocycles. The van der Waals surface area contributed by atoms with Crippen molar-refractivity contribution in [1.29, 1.82) is 0 Å². The Bertz CT molecular complexity index is 470. The topological polar surface area (TPSA) is 30.5 Å². The number of nitrogens with one attached hydrogen (secondary N) is 1. The fraction of sp³-hybridized carbons (Fsp3) is 0.600. The van der Waals surface area contributed by atoms with E-state index in [2.05, 4.69) is 10.1 Å². The molecule has 1 aromatic carbocycles. The number of benzene rings is 1. The Morgan fingerprint density at radius 3 is 2.33 bits per heavy atom. The molecular weight excluding hydrogens is 283 g/mol. The van der Waals surface area contributed by atoms with E-state index in [0.29, 0.717) is 12.6 Å². The average molecular weight is 303 g/mol. The molecule has 118 valence electrons. The van der Waals surface area contributed by atoms with Crippen molar-refractivity contribution in [3.63, 3.8) is 0 Å². The van der Waals surface area contributed by atoms with Crippen molar-refractivity contribution >= 4 is 0 Å². The minimum Gasteiger partial charge on any atom is -0.489 e. The molecule has 2 rings (SSSR count). The summed E-state index contributed by atoms with van der Waals surface area (Å²) in [5.74, 6) is -0.203. The first-order valence-corrected chi connectivity index (χ1v) is 6.96. The molecule has 0 aliphatic heterocycles. The van der Waals surface area contributed by atoms with Crippen LogP contribution in [0.2, 0.25) is 0 Å². The van der Waals surface area contributed by atoms with Crippen LogP contribution in [-0.2, 0) is 0 Å². The first-order chi connectivity index (χ1) is 9.75. The van der Waals surface area contributed by atoms with Gasteiger partial charge in [-0.3, -0.25) is 0 Å². The quantitative estimate of drug-likeness (QED) is 0.832. The van der Waals surface area contributed by atoms with Crippen molar-refractivity contribution in [3.8, 4) is 11.5 Å². The van der Waals surface area contributed by atoms with E-state index in [1.165, 1.54) is 31.0 Å². The highest BCUT2D eigenvalue weighted by molar-refractivity contribution is 5.39. The number of hydrogen-bond donors (Lipinski definition) is 1. The summed E-state index contributed by atoms with van der Waals surface area (Å²) >= 11 is 0. The van der Waals surface area contributed by atoms with Gasteiger partial charge in [-0.15, -0.1) is 13.2 Å². The summed E-state index contributed by atoms with van der Waals surface area (Å²) in [5.41, 5.74) is -0.173. The maximum atomic E-state index is 12.3. The van der Waals surface area contributed by atoms with Gasteiger partial charge in [0.1, 0.15) is 0 Å². The summed E-state index contributed by atoms with van der Waals surface area (Å²) in [5, 5.41) is 3.39. The second kappa shape index (κ2) is 6.13. The van der Waals surface area contributed by atoms with Crippen LogP contribution in [0.1, 0.15) is 26.7 Å². The molecule has 1 fully saturated rings. The number of alkyl halides is 3. The first kappa shape index (κ1) is 15.9. The van der Waals surface area contributed by atoms with Gasteiger partial charge in [0.15, 0.2) is 11.5 Å². The number of para-hydroxylation sites is 2. The number of ether oxygens (including phenoxy) is 2. The highest BCUT2D eigenvalue weighted by Crippen LogP contribution is 2.33. The minimum atomic E-state index is -4.72. The summed E-state index contributed by atoms with van der Waals surface area (Å²) in [4.78, 5) is 0. The molecule has 3 nitrogen and oxygen atoms in total. The molecule has 0 amide bonds. The highest BCUT2D eigenvalue weighted by Gasteiger charge is 2.32. The molecule has 0 radical (unpaired) electrons. The van der Waals surface area contributed by atoms with Crippen LogP contribution in [0.5, 0.6) is 11.5 Å². The molecule has 0 bridgehead atoms. The van der Waals surface area contributed by atoms with Crippen LogP contribution in [0.3, 0.4) is 0 Å². The van der Waals surface area contributed by atoms with Crippen molar-refractivity contribution in [2.75, 3.05) is 13.2 Å². The molecule has 1 aromatic rings. The SMILES string of the molecule is CC(C)(CNC1CC1)COc1ccccc1OC(F)(F)F. The summed E-state index contributed by atoms with van der Waals surface area (Å²) in [6, 6.07) is 6.41. The van der Waals surface area contributed by atoms with E-state index in [1.54, 1.807) is 6.07 Å². The molecule has 6 heteroatoms. The average Bonchev–Trinajstić information content (AvgIpc) is 3.18. The maximum Gasteiger partial charge on any atom is 0.573 e. The zero-order valence-corrected chi connectivity index (χ0v) is 12.2. The Hall–Kier alpha value is -1.43. The van der Waals surface area contributed by atoms with Crippen LogP contribution >= 0.6 is 0 Å². The van der Waals surface area contributed by atoms with Crippen molar-refractivity contribution in [3.05, 3.63) is 24.3 Å². The first-order valence-electron chi connectivity index (χ1n) is 6.96. The highest BCUT2D eigenvalue weighted by atomic mass is 19.4. The molecule has 0 atom stereocenters. The summed E-state index contributed by atoms with van der Waals surface area (Å²) in [6.07, 6.45) is -2.33. The van der Waals surface area contributed by atoms with Gasteiger partial charge in [0.2, 0.25) is 0 Å². The molecule has 0 unspecified atom stereocenters. The lowest BCUT2D eigenvalue weighted by Gasteiger charge is -2.26. The Kier molecular flexibility index (Phi) is 4.66. The third-order valence-electron chi connectivity index (χ3n) is 3.14. The molecule has 0 saturated heterocycles. The van der Waals surface area contributed by atoms with Gasteiger partial charge in [-0.2, -0.15) is 0 Å². The van der Waals surface area contributed by atoms with Crippen molar-refractivity contribution < 1.29 is 22.6 Å². The van der Waals surface area contributed by atoms with E-state index in [1.807, 2.05) is 13.8 Å². The monoisotopic (exact) mass is 303 g/mol. The van der Waals surface area contributed by atoms with Crippen LogP contribution in [0, 0.1) is 5.41 Å². The van der Waals surface area contributed by atoms with Crippen LogP contribution in [0.4, 0.5) is 13.2 Å². The molecule has 21 heavy (non-hydrogen) atoms. The summed E-state index contributed by atoms with van der Waals surface area (Å²) in [6.45, 7) is 5.09. The van der Waals surface area contributed by atoms with Gasteiger partial charge >= 0.3 is 6.36 Å². The van der Waals surface area contributed by atoms with Crippen LogP contribution in [0.25, 0.3) is 0 Å².